The van der Waals surface area contributed by atoms with Gasteiger partial charge in [-0.3, -0.25) is 4.90 Å². The summed E-state index contributed by atoms with van der Waals surface area (Å²) in [6, 6.07) is 8.46. The molecule has 1 atom stereocenters. The van der Waals surface area contributed by atoms with Crippen molar-refractivity contribution in [1.82, 2.24) is 15.2 Å². The second kappa shape index (κ2) is 8.54. The summed E-state index contributed by atoms with van der Waals surface area (Å²) in [5, 5.41) is 4.37. The lowest BCUT2D eigenvalue weighted by Crippen LogP contribution is -2.40. The van der Waals surface area contributed by atoms with Gasteiger partial charge in [0, 0.05) is 16.6 Å². The number of hydrogen-bond acceptors (Lipinski definition) is 4. The number of benzene rings is 1. The minimum absolute atomic E-state index is 0. The first-order valence-corrected chi connectivity index (χ1v) is 9.32. The van der Waals surface area contributed by atoms with Gasteiger partial charge in [0.2, 0.25) is 5.89 Å². The lowest BCUT2D eigenvalue weighted by atomic mass is 9.88. The van der Waals surface area contributed by atoms with Crippen LogP contribution >= 0.6 is 24.0 Å². The Balaban J connectivity index is 0.00000182. The maximum Gasteiger partial charge on any atom is 0.209 e. The number of piperidine rings is 1. The average molecular weight is 382 g/mol. The summed E-state index contributed by atoms with van der Waals surface area (Å²) in [5.74, 6) is 2.43. The maximum absolute atomic E-state index is 6.05. The van der Waals surface area contributed by atoms with Crippen LogP contribution in [0.2, 0.25) is 5.02 Å². The first-order chi connectivity index (χ1) is 11.8. The molecule has 2 saturated heterocycles. The fourth-order valence-electron chi connectivity index (χ4n) is 3.98. The predicted molar refractivity (Wildman–Crippen MR) is 103 cm³/mol. The second-order valence-corrected chi connectivity index (χ2v) is 7.38. The molecule has 1 N–H and O–H groups in total. The van der Waals surface area contributed by atoms with Gasteiger partial charge >= 0.3 is 0 Å². The number of nitrogens with zero attached hydrogens (tertiary/aromatic N) is 2. The monoisotopic (exact) mass is 381 g/mol. The highest BCUT2D eigenvalue weighted by atomic mass is 35.5. The van der Waals surface area contributed by atoms with E-state index in [0.717, 1.165) is 48.8 Å². The maximum atomic E-state index is 6.05. The van der Waals surface area contributed by atoms with Crippen molar-refractivity contribution in [3.05, 3.63) is 41.4 Å². The van der Waals surface area contributed by atoms with Crippen LogP contribution < -0.4 is 5.32 Å². The fourth-order valence-corrected chi connectivity index (χ4v) is 4.17. The summed E-state index contributed by atoms with van der Waals surface area (Å²) in [5.41, 5.74) is 0.979. The summed E-state index contributed by atoms with van der Waals surface area (Å²) in [4.78, 5) is 6.91. The van der Waals surface area contributed by atoms with Crippen LogP contribution in [-0.2, 0) is 6.54 Å². The smallest absolute Gasteiger partial charge is 0.209 e. The fraction of sp³-hybridized carbons (Fsp3) is 0.526. The SMILES string of the molecule is Cl.Clc1cccc(-c2cnc(CN3CCC(C4CCCN4)CC3)o2)c1. The van der Waals surface area contributed by atoms with E-state index in [1.807, 2.05) is 24.3 Å². The molecular formula is C19H25Cl2N3O. The zero-order valence-corrected chi connectivity index (χ0v) is 15.9. The minimum Gasteiger partial charge on any atom is -0.439 e. The van der Waals surface area contributed by atoms with Crippen LogP contribution in [0.1, 0.15) is 31.6 Å². The van der Waals surface area contributed by atoms with Gasteiger partial charge in [-0.15, -0.1) is 12.4 Å². The van der Waals surface area contributed by atoms with Crippen LogP contribution in [0.4, 0.5) is 0 Å². The molecule has 1 aromatic heterocycles. The number of likely N-dealkylation sites (tertiary alicyclic amines) is 1. The zero-order chi connectivity index (χ0) is 16.4. The molecule has 3 heterocycles. The molecule has 2 aliphatic heterocycles. The van der Waals surface area contributed by atoms with Crippen molar-refractivity contribution in [3.63, 3.8) is 0 Å². The van der Waals surface area contributed by atoms with E-state index in [9.17, 15) is 0 Å². The summed E-state index contributed by atoms with van der Waals surface area (Å²) >= 11 is 6.05. The highest BCUT2D eigenvalue weighted by molar-refractivity contribution is 6.30. The van der Waals surface area contributed by atoms with Crippen molar-refractivity contribution in [1.29, 1.82) is 0 Å². The topological polar surface area (TPSA) is 41.3 Å². The number of rotatable bonds is 4. The molecule has 0 radical (unpaired) electrons. The Morgan fingerprint density at radius 2 is 2.08 bits per heavy atom. The van der Waals surface area contributed by atoms with E-state index >= 15 is 0 Å². The summed E-state index contributed by atoms with van der Waals surface area (Å²) in [6.07, 6.45) is 7.05. The standard InChI is InChI=1S/C19H24ClN3O.ClH/c20-16-4-1-3-15(11-16)18-12-22-19(24-18)13-23-9-6-14(7-10-23)17-5-2-8-21-17;/h1,3-4,11-12,14,17,21H,2,5-10,13H2;1H. The molecular weight excluding hydrogens is 357 g/mol. The number of oxazole rings is 1. The Bertz CT molecular complexity index is 677. The van der Waals surface area contributed by atoms with Crippen molar-refractivity contribution in [2.45, 2.75) is 38.3 Å². The van der Waals surface area contributed by atoms with Gasteiger partial charge in [0.25, 0.3) is 0 Å². The Morgan fingerprint density at radius 1 is 1.24 bits per heavy atom. The average Bonchev–Trinajstić information content (AvgIpc) is 3.27. The molecule has 1 unspecified atom stereocenters. The number of aromatic nitrogens is 1. The van der Waals surface area contributed by atoms with Crippen LogP contribution in [0.15, 0.2) is 34.9 Å². The van der Waals surface area contributed by atoms with Crippen molar-refractivity contribution < 1.29 is 4.42 Å². The number of hydrogen-bond donors (Lipinski definition) is 1. The molecule has 136 valence electrons. The van der Waals surface area contributed by atoms with Gasteiger partial charge in [-0.2, -0.15) is 0 Å². The second-order valence-electron chi connectivity index (χ2n) is 6.95. The van der Waals surface area contributed by atoms with E-state index in [2.05, 4.69) is 15.2 Å². The third kappa shape index (κ3) is 4.56. The van der Waals surface area contributed by atoms with E-state index in [1.165, 1.54) is 32.2 Å². The molecule has 1 aromatic carbocycles. The minimum atomic E-state index is 0. The van der Waals surface area contributed by atoms with Gasteiger partial charge < -0.3 is 9.73 Å². The summed E-state index contributed by atoms with van der Waals surface area (Å²) < 4.78 is 5.93. The van der Waals surface area contributed by atoms with Gasteiger partial charge in [0.05, 0.1) is 12.7 Å². The third-order valence-electron chi connectivity index (χ3n) is 5.32. The van der Waals surface area contributed by atoms with Gasteiger partial charge in [0.15, 0.2) is 5.76 Å². The van der Waals surface area contributed by atoms with Gasteiger partial charge in [-0.05, 0) is 63.4 Å². The van der Waals surface area contributed by atoms with Crippen molar-refractivity contribution in [3.8, 4) is 11.3 Å². The molecule has 6 heteroatoms. The van der Waals surface area contributed by atoms with Crippen molar-refractivity contribution in [2.24, 2.45) is 5.92 Å². The van der Waals surface area contributed by atoms with Crippen LogP contribution in [-0.4, -0.2) is 35.6 Å². The molecule has 0 spiro atoms. The predicted octanol–water partition coefficient (Wildman–Crippen LogP) is 4.38. The largest absolute Gasteiger partial charge is 0.439 e. The van der Waals surface area contributed by atoms with Crippen LogP contribution in [0.5, 0.6) is 0 Å². The molecule has 0 saturated carbocycles. The summed E-state index contributed by atoms with van der Waals surface area (Å²) in [6.45, 7) is 4.27. The molecule has 2 fully saturated rings. The molecule has 0 aliphatic carbocycles. The third-order valence-corrected chi connectivity index (χ3v) is 5.56. The van der Waals surface area contributed by atoms with Gasteiger partial charge in [-0.25, -0.2) is 4.98 Å². The first-order valence-electron chi connectivity index (χ1n) is 8.94. The Hall–Kier alpha value is -1.07. The highest BCUT2D eigenvalue weighted by Crippen LogP contribution is 2.27. The Morgan fingerprint density at radius 3 is 2.80 bits per heavy atom. The number of halogens is 2. The van der Waals surface area contributed by atoms with Crippen molar-refractivity contribution in [2.75, 3.05) is 19.6 Å². The van der Waals surface area contributed by atoms with E-state index in [-0.39, 0.29) is 12.4 Å². The van der Waals surface area contributed by atoms with Crippen molar-refractivity contribution >= 4 is 24.0 Å². The van der Waals surface area contributed by atoms with E-state index in [4.69, 9.17) is 16.0 Å². The quantitative estimate of drug-likeness (QED) is 0.852. The highest BCUT2D eigenvalue weighted by Gasteiger charge is 2.28. The van der Waals surface area contributed by atoms with Gasteiger partial charge in [-0.1, -0.05) is 23.7 Å². The van der Waals surface area contributed by atoms with Crippen LogP contribution in [0.3, 0.4) is 0 Å². The molecule has 2 aliphatic rings. The molecule has 0 amide bonds. The lowest BCUT2D eigenvalue weighted by molar-refractivity contribution is 0.147. The normalized spacial score (nSPS) is 22.0. The Kier molecular flexibility index (Phi) is 6.39. The van der Waals surface area contributed by atoms with Crippen LogP contribution in [0, 0.1) is 5.92 Å². The molecule has 2 aromatic rings. The lowest BCUT2D eigenvalue weighted by Gasteiger charge is -2.34. The molecule has 4 nitrogen and oxygen atoms in total. The van der Waals surface area contributed by atoms with E-state index in [1.54, 1.807) is 6.20 Å². The van der Waals surface area contributed by atoms with Gasteiger partial charge in [0.1, 0.15) is 0 Å². The zero-order valence-electron chi connectivity index (χ0n) is 14.3. The molecule has 0 bridgehead atoms. The molecule has 4 rings (SSSR count). The van der Waals surface area contributed by atoms with E-state index < -0.39 is 0 Å². The first kappa shape index (κ1) is 18.7. The summed E-state index contributed by atoms with van der Waals surface area (Å²) in [7, 11) is 0. The van der Waals surface area contributed by atoms with E-state index in [0.29, 0.717) is 5.02 Å². The van der Waals surface area contributed by atoms with Crippen LogP contribution in [0.25, 0.3) is 11.3 Å². The Labute approximate surface area is 160 Å². The molecule has 25 heavy (non-hydrogen) atoms. The number of nitrogens with one attached hydrogen (secondary N) is 1.